The first-order valence-electron chi connectivity index (χ1n) is 7.39. The molecular formula is C15H20ClN3O. The molecular weight excluding hydrogens is 274 g/mol. The number of carbonyl (C=O) groups excluding carboxylic acids is 1. The van der Waals surface area contributed by atoms with Crippen LogP contribution in [0.2, 0.25) is 5.02 Å². The summed E-state index contributed by atoms with van der Waals surface area (Å²) in [6.45, 7) is 3.83. The third-order valence-corrected chi connectivity index (χ3v) is 4.61. The van der Waals surface area contributed by atoms with Gasteiger partial charge in [-0.1, -0.05) is 18.5 Å². The van der Waals surface area contributed by atoms with Crippen molar-refractivity contribution in [2.45, 2.75) is 38.6 Å². The first kappa shape index (κ1) is 13.7. The zero-order valence-corrected chi connectivity index (χ0v) is 12.5. The lowest BCUT2D eigenvalue weighted by Gasteiger charge is -2.27. The second-order valence-electron chi connectivity index (χ2n) is 5.77. The zero-order chi connectivity index (χ0) is 14.1. The number of hydrogen-bond acceptors (Lipinski definition) is 3. The van der Waals surface area contributed by atoms with Gasteiger partial charge in [0.15, 0.2) is 0 Å². The molecule has 1 saturated heterocycles. The largest absolute Gasteiger partial charge is 0.370 e. The molecule has 1 aliphatic heterocycles. The molecule has 1 N–H and O–H groups in total. The summed E-state index contributed by atoms with van der Waals surface area (Å²) in [5.41, 5.74) is 0.577. The number of piperidine rings is 1. The minimum Gasteiger partial charge on any atom is -0.370 e. The zero-order valence-electron chi connectivity index (χ0n) is 11.7. The van der Waals surface area contributed by atoms with Gasteiger partial charge in [0.2, 0.25) is 0 Å². The number of aromatic nitrogens is 1. The molecule has 1 amide bonds. The van der Waals surface area contributed by atoms with Crippen LogP contribution in [0, 0.1) is 5.92 Å². The molecule has 1 aromatic rings. The Kier molecular flexibility index (Phi) is 3.83. The Morgan fingerprint density at radius 3 is 3.05 bits per heavy atom. The molecule has 1 aromatic heterocycles. The predicted molar refractivity (Wildman–Crippen MR) is 80.2 cm³/mol. The summed E-state index contributed by atoms with van der Waals surface area (Å²) >= 11 is 6.17. The van der Waals surface area contributed by atoms with Crippen molar-refractivity contribution >= 4 is 23.3 Å². The van der Waals surface area contributed by atoms with Gasteiger partial charge in [0.05, 0.1) is 10.6 Å². The van der Waals surface area contributed by atoms with Crippen molar-refractivity contribution in [1.82, 2.24) is 9.88 Å². The van der Waals surface area contributed by atoms with Crippen molar-refractivity contribution in [3.05, 3.63) is 22.8 Å². The quantitative estimate of drug-likeness (QED) is 0.927. The SMILES string of the molecule is CCCNc1cc(C(=O)N2CC3CCC2C3)c(Cl)cn1. The molecule has 2 fully saturated rings. The molecule has 20 heavy (non-hydrogen) atoms. The number of likely N-dealkylation sites (tertiary alicyclic amines) is 1. The lowest BCUT2D eigenvalue weighted by Crippen LogP contribution is -2.37. The average Bonchev–Trinajstić information content (AvgIpc) is 3.08. The number of amides is 1. The summed E-state index contributed by atoms with van der Waals surface area (Å²) < 4.78 is 0. The third-order valence-electron chi connectivity index (χ3n) is 4.31. The van der Waals surface area contributed by atoms with Crippen LogP contribution >= 0.6 is 11.6 Å². The molecule has 4 nitrogen and oxygen atoms in total. The molecule has 2 atom stereocenters. The maximum absolute atomic E-state index is 12.7. The molecule has 108 valence electrons. The number of anilines is 1. The van der Waals surface area contributed by atoms with Gasteiger partial charge in [-0.15, -0.1) is 0 Å². The Hall–Kier alpha value is -1.29. The number of hydrogen-bond donors (Lipinski definition) is 1. The normalized spacial score (nSPS) is 24.2. The van der Waals surface area contributed by atoms with Gasteiger partial charge in [0.1, 0.15) is 5.82 Å². The standard InChI is InChI=1S/C15H20ClN3O/c1-2-5-17-14-7-12(13(16)8-18-14)15(20)19-9-10-3-4-11(19)6-10/h7-8,10-11H,2-6,9H2,1H3,(H,17,18). The fourth-order valence-electron chi connectivity index (χ4n) is 3.28. The monoisotopic (exact) mass is 293 g/mol. The van der Waals surface area contributed by atoms with Gasteiger partial charge in [-0.3, -0.25) is 4.79 Å². The van der Waals surface area contributed by atoms with E-state index < -0.39 is 0 Å². The number of halogens is 1. The number of rotatable bonds is 4. The topological polar surface area (TPSA) is 45.2 Å². The van der Waals surface area contributed by atoms with E-state index in [2.05, 4.69) is 17.2 Å². The highest BCUT2D eigenvalue weighted by Gasteiger charge is 2.40. The average molecular weight is 294 g/mol. The van der Waals surface area contributed by atoms with Crippen molar-refractivity contribution in [3.8, 4) is 0 Å². The Morgan fingerprint density at radius 2 is 2.40 bits per heavy atom. The number of carbonyl (C=O) groups is 1. The van der Waals surface area contributed by atoms with E-state index in [-0.39, 0.29) is 5.91 Å². The van der Waals surface area contributed by atoms with Gasteiger partial charge in [-0.2, -0.15) is 0 Å². The van der Waals surface area contributed by atoms with E-state index in [1.807, 2.05) is 4.90 Å². The van der Waals surface area contributed by atoms with Gasteiger partial charge >= 0.3 is 0 Å². The van der Waals surface area contributed by atoms with Crippen LogP contribution < -0.4 is 5.32 Å². The van der Waals surface area contributed by atoms with Gasteiger partial charge in [0, 0.05) is 25.3 Å². The highest BCUT2D eigenvalue weighted by molar-refractivity contribution is 6.33. The molecule has 5 heteroatoms. The Bertz CT molecular complexity index is 520. The van der Waals surface area contributed by atoms with Crippen LogP contribution in [-0.4, -0.2) is 34.9 Å². The highest BCUT2D eigenvalue weighted by Crippen LogP contribution is 2.38. The van der Waals surface area contributed by atoms with Crippen LogP contribution in [0.3, 0.4) is 0 Å². The Morgan fingerprint density at radius 1 is 1.55 bits per heavy atom. The molecule has 0 spiro atoms. The van der Waals surface area contributed by atoms with E-state index in [0.717, 1.165) is 38.2 Å². The molecule has 2 unspecified atom stereocenters. The van der Waals surface area contributed by atoms with Crippen molar-refractivity contribution in [1.29, 1.82) is 0 Å². The van der Waals surface area contributed by atoms with E-state index >= 15 is 0 Å². The molecule has 2 aliphatic rings. The van der Waals surface area contributed by atoms with Gasteiger partial charge in [-0.05, 0) is 37.7 Å². The van der Waals surface area contributed by atoms with Crippen LogP contribution in [0.1, 0.15) is 43.0 Å². The van der Waals surface area contributed by atoms with E-state index in [1.54, 1.807) is 12.3 Å². The Balaban J connectivity index is 1.80. The second-order valence-corrected chi connectivity index (χ2v) is 6.17. The van der Waals surface area contributed by atoms with E-state index in [9.17, 15) is 4.79 Å². The Labute approximate surface area is 124 Å². The summed E-state index contributed by atoms with van der Waals surface area (Å²) in [6, 6.07) is 2.20. The van der Waals surface area contributed by atoms with Crippen LogP contribution in [0.15, 0.2) is 12.3 Å². The summed E-state index contributed by atoms with van der Waals surface area (Å²) in [5, 5.41) is 3.65. The molecule has 0 radical (unpaired) electrons. The number of pyridine rings is 1. The molecule has 1 aliphatic carbocycles. The fraction of sp³-hybridized carbons (Fsp3) is 0.600. The number of fused-ring (bicyclic) bond motifs is 2. The van der Waals surface area contributed by atoms with Crippen molar-refractivity contribution < 1.29 is 4.79 Å². The molecule has 1 saturated carbocycles. The maximum Gasteiger partial charge on any atom is 0.255 e. The molecule has 2 bridgehead atoms. The number of nitrogens with one attached hydrogen (secondary N) is 1. The fourth-order valence-corrected chi connectivity index (χ4v) is 3.46. The second kappa shape index (κ2) is 5.60. The minimum atomic E-state index is 0.0594. The molecule has 2 heterocycles. The summed E-state index contributed by atoms with van der Waals surface area (Å²) in [4.78, 5) is 18.9. The van der Waals surface area contributed by atoms with Crippen molar-refractivity contribution in [2.75, 3.05) is 18.4 Å². The predicted octanol–water partition coefficient (Wildman–Crippen LogP) is 3.18. The van der Waals surface area contributed by atoms with Crippen LogP contribution in [0.25, 0.3) is 0 Å². The van der Waals surface area contributed by atoms with Gasteiger partial charge in [-0.25, -0.2) is 4.98 Å². The van der Waals surface area contributed by atoms with Crippen molar-refractivity contribution in [3.63, 3.8) is 0 Å². The van der Waals surface area contributed by atoms with Gasteiger partial charge < -0.3 is 10.2 Å². The molecule has 3 rings (SSSR count). The van der Waals surface area contributed by atoms with Gasteiger partial charge in [0.25, 0.3) is 5.91 Å². The maximum atomic E-state index is 12.7. The number of nitrogens with zero attached hydrogens (tertiary/aromatic N) is 2. The van der Waals surface area contributed by atoms with E-state index in [4.69, 9.17) is 11.6 Å². The first-order valence-corrected chi connectivity index (χ1v) is 7.77. The van der Waals surface area contributed by atoms with Crippen LogP contribution in [0.5, 0.6) is 0 Å². The molecule has 0 aromatic carbocycles. The van der Waals surface area contributed by atoms with Crippen LogP contribution in [-0.2, 0) is 0 Å². The first-order chi connectivity index (χ1) is 9.69. The summed E-state index contributed by atoms with van der Waals surface area (Å²) in [6.07, 6.45) is 6.15. The smallest absolute Gasteiger partial charge is 0.255 e. The lowest BCUT2D eigenvalue weighted by atomic mass is 10.1. The highest BCUT2D eigenvalue weighted by atomic mass is 35.5. The summed E-state index contributed by atoms with van der Waals surface area (Å²) in [7, 11) is 0. The van der Waals surface area contributed by atoms with E-state index in [1.165, 1.54) is 6.42 Å². The minimum absolute atomic E-state index is 0.0594. The lowest BCUT2D eigenvalue weighted by molar-refractivity contribution is 0.0704. The van der Waals surface area contributed by atoms with Crippen molar-refractivity contribution in [2.24, 2.45) is 5.92 Å². The van der Waals surface area contributed by atoms with Crippen LogP contribution in [0.4, 0.5) is 5.82 Å². The third kappa shape index (κ3) is 2.49. The summed E-state index contributed by atoms with van der Waals surface area (Å²) in [5.74, 6) is 1.48. The van der Waals surface area contributed by atoms with E-state index in [0.29, 0.717) is 22.5 Å².